The van der Waals surface area contributed by atoms with Crippen LogP contribution in [0.5, 0.6) is 0 Å². The van der Waals surface area contributed by atoms with E-state index in [1.165, 1.54) is 6.42 Å². The summed E-state index contributed by atoms with van der Waals surface area (Å²) in [5, 5.41) is 3.81. The van der Waals surface area contributed by atoms with Crippen LogP contribution in [0.15, 0.2) is 40.8 Å². The monoisotopic (exact) mass is 344 g/mol. The second kappa shape index (κ2) is 6.26. The molecule has 3 aliphatic rings. The quantitative estimate of drug-likeness (QED) is 0.920. The van der Waals surface area contributed by atoms with E-state index in [0.717, 1.165) is 25.1 Å². The van der Waals surface area contributed by atoms with Crippen LogP contribution in [0.2, 0.25) is 5.02 Å². The number of furan rings is 1. The zero-order valence-electron chi connectivity index (χ0n) is 13.7. The highest BCUT2D eigenvalue weighted by Crippen LogP contribution is 2.32. The van der Waals surface area contributed by atoms with E-state index < -0.39 is 0 Å². The van der Waals surface area contributed by atoms with Gasteiger partial charge in [0.15, 0.2) is 5.76 Å². The number of nitrogens with zero attached hydrogens (tertiary/aromatic N) is 1. The maximum atomic E-state index is 12.5. The minimum Gasteiger partial charge on any atom is -0.451 e. The Morgan fingerprint density at radius 1 is 1.33 bits per heavy atom. The van der Waals surface area contributed by atoms with Gasteiger partial charge in [0, 0.05) is 29.2 Å². The molecule has 2 aromatic rings. The first-order valence-corrected chi connectivity index (χ1v) is 8.88. The highest BCUT2D eigenvalue weighted by molar-refractivity contribution is 6.30. The maximum absolute atomic E-state index is 12.5. The summed E-state index contributed by atoms with van der Waals surface area (Å²) in [5.74, 6) is 1.46. The molecular weight excluding hydrogens is 324 g/mol. The number of halogens is 1. The molecule has 0 aliphatic carbocycles. The lowest BCUT2D eigenvalue weighted by atomic mass is 9.80. The molecule has 5 heteroatoms. The molecule has 3 aliphatic heterocycles. The van der Waals surface area contributed by atoms with Gasteiger partial charge in [0.05, 0.1) is 0 Å². The molecule has 0 radical (unpaired) electrons. The van der Waals surface area contributed by atoms with Gasteiger partial charge in [-0.3, -0.25) is 9.69 Å². The molecule has 24 heavy (non-hydrogen) atoms. The largest absolute Gasteiger partial charge is 0.451 e. The van der Waals surface area contributed by atoms with Crippen LogP contribution in [0.25, 0.3) is 11.3 Å². The van der Waals surface area contributed by atoms with Gasteiger partial charge in [-0.2, -0.15) is 0 Å². The topological polar surface area (TPSA) is 45.5 Å². The average molecular weight is 345 g/mol. The lowest BCUT2D eigenvalue weighted by Gasteiger charge is -2.48. The summed E-state index contributed by atoms with van der Waals surface area (Å²) in [6, 6.07) is 11.8. The fourth-order valence-electron chi connectivity index (χ4n) is 3.96. The van der Waals surface area contributed by atoms with Crippen LogP contribution >= 0.6 is 11.6 Å². The van der Waals surface area contributed by atoms with Crippen molar-refractivity contribution in [1.29, 1.82) is 0 Å². The molecule has 4 heterocycles. The Labute approximate surface area is 146 Å². The Hall–Kier alpha value is -1.78. The number of carbonyl (C=O) groups is 1. The molecule has 3 fully saturated rings. The van der Waals surface area contributed by atoms with Gasteiger partial charge in [-0.15, -0.1) is 0 Å². The lowest BCUT2D eigenvalue weighted by Crippen LogP contribution is -2.60. The number of piperidine rings is 3. The summed E-state index contributed by atoms with van der Waals surface area (Å²) >= 11 is 6.02. The minimum atomic E-state index is -0.130. The van der Waals surface area contributed by atoms with Crippen LogP contribution < -0.4 is 5.32 Å². The SMILES string of the molecule is CC1CC2CCN1C[C@@H]2NC(=O)c1ccc(-c2cccc(Cl)c2)o1. The number of rotatable bonds is 3. The lowest BCUT2D eigenvalue weighted by molar-refractivity contribution is 0.0269. The van der Waals surface area contributed by atoms with Crippen molar-refractivity contribution >= 4 is 17.5 Å². The number of nitrogens with one attached hydrogen (secondary N) is 1. The predicted molar refractivity (Wildman–Crippen MR) is 94.2 cm³/mol. The molecular formula is C19H21ClN2O2. The Morgan fingerprint density at radius 3 is 2.92 bits per heavy atom. The number of hydrogen-bond donors (Lipinski definition) is 1. The number of hydrogen-bond acceptors (Lipinski definition) is 3. The van der Waals surface area contributed by atoms with Gasteiger partial charge in [-0.05, 0) is 56.5 Å². The van der Waals surface area contributed by atoms with Crippen LogP contribution in [0.1, 0.15) is 30.3 Å². The van der Waals surface area contributed by atoms with E-state index in [1.54, 1.807) is 6.07 Å². The smallest absolute Gasteiger partial charge is 0.287 e. The Bertz CT molecular complexity index is 757. The Balaban J connectivity index is 1.46. The van der Waals surface area contributed by atoms with Crippen molar-refractivity contribution in [2.45, 2.75) is 31.8 Å². The van der Waals surface area contributed by atoms with Crippen molar-refractivity contribution in [3.63, 3.8) is 0 Å². The molecule has 0 saturated carbocycles. The van der Waals surface area contributed by atoms with Gasteiger partial charge >= 0.3 is 0 Å². The fraction of sp³-hybridized carbons (Fsp3) is 0.421. The Morgan fingerprint density at radius 2 is 2.21 bits per heavy atom. The van der Waals surface area contributed by atoms with E-state index in [-0.39, 0.29) is 11.9 Å². The van der Waals surface area contributed by atoms with Crippen molar-refractivity contribution in [3.05, 3.63) is 47.2 Å². The highest BCUT2D eigenvalue weighted by Gasteiger charge is 2.39. The molecule has 1 amide bonds. The fourth-order valence-corrected chi connectivity index (χ4v) is 4.15. The van der Waals surface area contributed by atoms with E-state index >= 15 is 0 Å². The Kier molecular flexibility index (Phi) is 4.10. The summed E-state index contributed by atoms with van der Waals surface area (Å²) in [5.41, 5.74) is 0.873. The van der Waals surface area contributed by atoms with E-state index in [0.29, 0.717) is 28.5 Å². The van der Waals surface area contributed by atoms with Crippen LogP contribution in [0.4, 0.5) is 0 Å². The van der Waals surface area contributed by atoms with E-state index in [4.69, 9.17) is 16.0 Å². The molecule has 1 aromatic heterocycles. The second-order valence-corrected chi connectivity index (χ2v) is 7.32. The number of carbonyl (C=O) groups excluding carboxylic acids is 1. The molecule has 5 rings (SSSR count). The third kappa shape index (κ3) is 2.96. The van der Waals surface area contributed by atoms with Gasteiger partial charge < -0.3 is 9.73 Å². The van der Waals surface area contributed by atoms with E-state index in [9.17, 15) is 4.79 Å². The molecule has 126 valence electrons. The van der Waals surface area contributed by atoms with Gasteiger partial charge in [0.1, 0.15) is 5.76 Å². The molecule has 3 unspecified atom stereocenters. The zero-order chi connectivity index (χ0) is 16.7. The average Bonchev–Trinajstić information content (AvgIpc) is 3.06. The van der Waals surface area contributed by atoms with E-state index in [1.807, 2.05) is 30.3 Å². The normalized spacial score (nSPS) is 28.8. The van der Waals surface area contributed by atoms with Crippen molar-refractivity contribution in [2.24, 2.45) is 5.92 Å². The van der Waals surface area contributed by atoms with Gasteiger partial charge in [0.2, 0.25) is 0 Å². The van der Waals surface area contributed by atoms with Gasteiger partial charge in [0.25, 0.3) is 5.91 Å². The molecule has 1 aromatic carbocycles. The predicted octanol–water partition coefficient (Wildman–Crippen LogP) is 3.81. The minimum absolute atomic E-state index is 0.130. The summed E-state index contributed by atoms with van der Waals surface area (Å²) in [6.07, 6.45) is 2.33. The van der Waals surface area contributed by atoms with Crippen LogP contribution in [-0.4, -0.2) is 36.0 Å². The number of amides is 1. The standard InChI is InChI=1S/C19H21ClN2O2/c1-12-9-13-7-8-22(12)11-16(13)21-19(23)18-6-5-17(24-18)14-3-2-4-15(20)10-14/h2-6,10,12-13,16H,7-9,11H2,1H3,(H,21,23)/t12?,13?,16-/m0/s1. The van der Waals surface area contributed by atoms with Gasteiger partial charge in [-0.1, -0.05) is 23.7 Å². The molecule has 2 bridgehead atoms. The van der Waals surface area contributed by atoms with Crippen LogP contribution in [0, 0.1) is 5.92 Å². The first kappa shape index (κ1) is 15.7. The first-order valence-electron chi connectivity index (χ1n) is 8.51. The summed E-state index contributed by atoms with van der Waals surface area (Å²) in [4.78, 5) is 15.0. The van der Waals surface area contributed by atoms with Crippen molar-refractivity contribution in [2.75, 3.05) is 13.1 Å². The van der Waals surface area contributed by atoms with Crippen molar-refractivity contribution in [1.82, 2.24) is 10.2 Å². The summed E-state index contributed by atoms with van der Waals surface area (Å²) in [6.45, 7) is 4.37. The van der Waals surface area contributed by atoms with E-state index in [2.05, 4.69) is 17.1 Å². The van der Waals surface area contributed by atoms with Gasteiger partial charge in [-0.25, -0.2) is 0 Å². The molecule has 4 atom stereocenters. The summed E-state index contributed by atoms with van der Waals surface area (Å²) in [7, 11) is 0. The third-order valence-corrected chi connectivity index (χ3v) is 5.55. The van der Waals surface area contributed by atoms with Crippen LogP contribution in [0.3, 0.4) is 0 Å². The second-order valence-electron chi connectivity index (χ2n) is 6.88. The van der Waals surface area contributed by atoms with Crippen molar-refractivity contribution in [3.8, 4) is 11.3 Å². The molecule has 3 saturated heterocycles. The zero-order valence-corrected chi connectivity index (χ0v) is 14.4. The molecule has 4 nitrogen and oxygen atoms in total. The number of benzene rings is 1. The maximum Gasteiger partial charge on any atom is 0.287 e. The number of fused-ring (bicyclic) bond motifs is 3. The highest BCUT2D eigenvalue weighted by atomic mass is 35.5. The summed E-state index contributed by atoms with van der Waals surface area (Å²) < 4.78 is 5.74. The third-order valence-electron chi connectivity index (χ3n) is 5.31. The molecule has 0 spiro atoms. The van der Waals surface area contributed by atoms with Crippen LogP contribution in [-0.2, 0) is 0 Å². The first-order chi connectivity index (χ1) is 11.6. The molecule has 1 N–H and O–H groups in total. The van der Waals surface area contributed by atoms with Crippen molar-refractivity contribution < 1.29 is 9.21 Å².